The van der Waals surface area contributed by atoms with Crippen LogP contribution in [0.1, 0.15) is 24.0 Å². The monoisotopic (exact) mass is 283 g/mol. The first kappa shape index (κ1) is 15.0. The van der Waals surface area contributed by atoms with E-state index in [-0.39, 0.29) is 5.97 Å². The molecule has 5 heteroatoms. The van der Waals surface area contributed by atoms with E-state index in [4.69, 9.17) is 18.0 Å². The van der Waals surface area contributed by atoms with Gasteiger partial charge in [-0.25, -0.2) is 0 Å². The summed E-state index contributed by atoms with van der Waals surface area (Å²) in [5.41, 5.74) is 7.75. The van der Waals surface area contributed by atoms with Gasteiger partial charge in [-0.1, -0.05) is 36.5 Å². The van der Waals surface area contributed by atoms with E-state index < -0.39 is 0 Å². The maximum atomic E-state index is 10.9. The Morgan fingerprint density at radius 1 is 1.44 bits per heavy atom. The molecule has 0 bridgehead atoms. The average Bonchev–Trinajstić information content (AvgIpc) is 2.38. The zero-order valence-corrected chi connectivity index (χ0v) is 12.0. The van der Waals surface area contributed by atoms with E-state index in [1.165, 1.54) is 7.11 Å². The van der Waals surface area contributed by atoms with Crippen molar-refractivity contribution in [1.82, 2.24) is 0 Å². The predicted octanol–water partition coefficient (Wildman–Crippen LogP) is 2.51. The Morgan fingerprint density at radius 2 is 2.17 bits per heavy atom. The molecule has 18 heavy (non-hydrogen) atoms. The number of hydrogen-bond acceptors (Lipinski definition) is 4. The minimum atomic E-state index is -0.154. The molecule has 0 radical (unpaired) electrons. The largest absolute Gasteiger partial charge is 0.469 e. The molecule has 3 nitrogen and oxygen atoms in total. The van der Waals surface area contributed by atoms with Gasteiger partial charge in [0.05, 0.1) is 7.11 Å². The number of thiocarbonyl (C=S) groups is 1. The Balaban J connectivity index is 2.35. The van der Waals surface area contributed by atoms with Crippen LogP contribution >= 0.6 is 24.0 Å². The normalized spacial score (nSPS) is 10.1. The third kappa shape index (κ3) is 5.06. The number of esters is 1. The SMILES string of the molecule is COC(=O)CCCSCc1ccccc1C(N)=S. The fraction of sp³-hybridized carbons (Fsp3) is 0.385. The molecule has 0 aromatic heterocycles. The lowest BCUT2D eigenvalue weighted by Gasteiger charge is -2.07. The Bertz CT molecular complexity index is 421. The summed E-state index contributed by atoms with van der Waals surface area (Å²) in [4.78, 5) is 11.4. The third-order valence-corrected chi connectivity index (χ3v) is 3.75. The summed E-state index contributed by atoms with van der Waals surface area (Å²) < 4.78 is 4.58. The highest BCUT2D eigenvalue weighted by molar-refractivity contribution is 7.98. The Kier molecular flexibility index (Phi) is 6.75. The predicted molar refractivity (Wildman–Crippen MR) is 79.7 cm³/mol. The molecule has 0 fully saturated rings. The van der Waals surface area contributed by atoms with Crippen LogP contribution < -0.4 is 5.73 Å². The summed E-state index contributed by atoms with van der Waals surface area (Å²) in [7, 11) is 1.41. The van der Waals surface area contributed by atoms with Crippen molar-refractivity contribution in [1.29, 1.82) is 0 Å². The van der Waals surface area contributed by atoms with Crippen LogP contribution in [0.3, 0.4) is 0 Å². The first-order chi connectivity index (χ1) is 8.65. The first-order valence-corrected chi connectivity index (χ1v) is 7.23. The number of carbonyl (C=O) groups is 1. The van der Waals surface area contributed by atoms with Crippen molar-refractivity contribution in [2.75, 3.05) is 12.9 Å². The van der Waals surface area contributed by atoms with Crippen LogP contribution in [0.15, 0.2) is 24.3 Å². The molecule has 0 atom stereocenters. The molecule has 98 valence electrons. The lowest BCUT2D eigenvalue weighted by molar-refractivity contribution is -0.140. The fourth-order valence-electron chi connectivity index (χ4n) is 1.49. The minimum Gasteiger partial charge on any atom is -0.469 e. The summed E-state index contributed by atoms with van der Waals surface area (Å²) in [6.07, 6.45) is 1.30. The van der Waals surface area contributed by atoms with Crippen molar-refractivity contribution in [2.45, 2.75) is 18.6 Å². The Hall–Kier alpha value is -1.07. The highest BCUT2D eigenvalue weighted by Gasteiger charge is 2.04. The maximum absolute atomic E-state index is 10.9. The van der Waals surface area contributed by atoms with Crippen LogP contribution in [-0.4, -0.2) is 23.8 Å². The average molecular weight is 283 g/mol. The Labute approximate surface area is 117 Å². The van der Waals surface area contributed by atoms with Crippen LogP contribution in [0.5, 0.6) is 0 Å². The molecular formula is C13H17NO2S2. The van der Waals surface area contributed by atoms with Crippen molar-refractivity contribution in [3.63, 3.8) is 0 Å². The summed E-state index contributed by atoms with van der Waals surface area (Å²) >= 11 is 6.78. The van der Waals surface area contributed by atoms with Crippen LogP contribution in [-0.2, 0) is 15.3 Å². The molecule has 0 aliphatic carbocycles. The van der Waals surface area contributed by atoms with E-state index in [9.17, 15) is 4.79 Å². The van der Waals surface area contributed by atoms with E-state index in [1.54, 1.807) is 11.8 Å². The van der Waals surface area contributed by atoms with Crippen molar-refractivity contribution in [3.8, 4) is 0 Å². The first-order valence-electron chi connectivity index (χ1n) is 5.67. The molecule has 1 aromatic rings. The van der Waals surface area contributed by atoms with Crippen molar-refractivity contribution in [2.24, 2.45) is 5.73 Å². The molecule has 0 spiro atoms. The third-order valence-electron chi connectivity index (χ3n) is 2.44. The molecule has 2 N–H and O–H groups in total. The van der Waals surface area contributed by atoms with Gasteiger partial charge >= 0.3 is 5.97 Å². The van der Waals surface area contributed by atoms with E-state index in [2.05, 4.69) is 4.74 Å². The summed E-state index contributed by atoms with van der Waals surface area (Å²) in [5.74, 6) is 1.62. The van der Waals surface area contributed by atoms with E-state index in [0.29, 0.717) is 11.4 Å². The second kappa shape index (κ2) is 8.11. The highest BCUT2D eigenvalue weighted by atomic mass is 32.2. The Morgan fingerprint density at radius 3 is 2.83 bits per heavy atom. The number of thioether (sulfide) groups is 1. The molecular weight excluding hydrogens is 266 g/mol. The van der Waals surface area contributed by atoms with Crippen molar-refractivity contribution >= 4 is 34.9 Å². The summed E-state index contributed by atoms with van der Waals surface area (Å²) in [5, 5.41) is 0. The number of carbonyl (C=O) groups excluding carboxylic acids is 1. The molecule has 0 aliphatic rings. The number of benzene rings is 1. The molecule has 1 rings (SSSR count). The fourth-order valence-corrected chi connectivity index (χ4v) is 2.65. The van der Waals surface area contributed by atoms with E-state index >= 15 is 0 Å². The number of ether oxygens (including phenoxy) is 1. The van der Waals surface area contributed by atoms with Gasteiger partial charge in [0.2, 0.25) is 0 Å². The van der Waals surface area contributed by atoms with Gasteiger partial charge in [-0.2, -0.15) is 11.8 Å². The number of nitrogens with two attached hydrogens (primary N) is 1. The smallest absolute Gasteiger partial charge is 0.305 e. The topological polar surface area (TPSA) is 52.3 Å². The summed E-state index contributed by atoms with van der Waals surface area (Å²) in [6.45, 7) is 0. The van der Waals surface area contributed by atoms with Gasteiger partial charge in [-0.15, -0.1) is 0 Å². The van der Waals surface area contributed by atoms with Crippen LogP contribution in [0.2, 0.25) is 0 Å². The molecule has 0 heterocycles. The van der Waals surface area contributed by atoms with Gasteiger partial charge in [0.1, 0.15) is 4.99 Å². The van der Waals surface area contributed by atoms with Crippen molar-refractivity contribution in [3.05, 3.63) is 35.4 Å². The molecule has 1 aromatic carbocycles. The lowest BCUT2D eigenvalue weighted by Crippen LogP contribution is -2.11. The van der Waals surface area contributed by atoms with Gasteiger partial charge in [-0.05, 0) is 17.7 Å². The van der Waals surface area contributed by atoms with E-state index in [0.717, 1.165) is 29.1 Å². The lowest BCUT2D eigenvalue weighted by atomic mass is 10.1. The van der Waals surface area contributed by atoms with Gasteiger partial charge in [0, 0.05) is 17.7 Å². The summed E-state index contributed by atoms with van der Waals surface area (Å²) in [6, 6.07) is 7.88. The van der Waals surface area contributed by atoms with Gasteiger partial charge < -0.3 is 10.5 Å². The van der Waals surface area contributed by atoms with Crippen molar-refractivity contribution < 1.29 is 9.53 Å². The molecule has 0 saturated heterocycles. The highest BCUT2D eigenvalue weighted by Crippen LogP contribution is 2.17. The zero-order chi connectivity index (χ0) is 13.4. The zero-order valence-electron chi connectivity index (χ0n) is 10.3. The second-order valence-corrected chi connectivity index (χ2v) is 5.30. The second-order valence-electron chi connectivity index (χ2n) is 3.75. The maximum Gasteiger partial charge on any atom is 0.305 e. The standard InChI is InChI=1S/C13H17NO2S2/c1-16-12(15)7-4-8-18-9-10-5-2-3-6-11(10)13(14)17/h2-3,5-6H,4,7-9H2,1H3,(H2,14,17). The molecule has 0 saturated carbocycles. The number of methoxy groups -OCH3 is 1. The molecule has 0 aliphatic heterocycles. The quantitative estimate of drug-likeness (QED) is 0.473. The van der Waals surface area contributed by atoms with Gasteiger partial charge in [0.15, 0.2) is 0 Å². The molecule has 0 unspecified atom stereocenters. The molecule has 0 amide bonds. The van der Waals surface area contributed by atoms with Crippen LogP contribution in [0, 0.1) is 0 Å². The van der Waals surface area contributed by atoms with Crippen LogP contribution in [0.25, 0.3) is 0 Å². The number of hydrogen-bond donors (Lipinski definition) is 1. The van der Waals surface area contributed by atoms with Gasteiger partial charge in [0.25, 0.3) is 0 Å². The number of rotatable bonds is 7. The minimum absolute atomic E-state index is 0.154. The van der Waals surface area contributed by atoms with Gasteiger partial charge in [-0.3, -0.25) is 4.79 Å². The van der Waals surface area contributed by atoms with Crippen LogP contribution in [0.4, 0.5) is 0 Å². The van der Waals surface area contributed by atoms with E-state index in [1.807, 2.05) is 24.3 Å².